The van der Waals surface area contributed by atoms with Crippen LogP contribution in [0, 0.1) is 0 Å². The third-order valence-electron chi connectivity index (χ3n) is 4.80. The maximum absolute atomic E-state index is 4.82. The Morgan fingerprint density at radius 1 is 1.15 bits per heavy atom. The molecule has 1 atom stereocenters. The number of nitrogens with zero attached hydrogens (tertiary/aromatic N) is 3. The lowest BCUT2D eigenvalue weighted by Gasteiger charge is -2.19. The molecule has 0 spiro atoms. The van der Waals surface area contributed by atoms with Crippen molar-refractivity contribution in [3.05, 3.63) is 48.3 Å². The van der Waals surface area contributed by atoms with Crippen molar-refractivity contribution in [1.82, 2.24) is 19.7 Å². The monoisotopic (exact) mass is 365 g/mol. The Bertz CT molecular complexity index is 885. The molecular weight excluding hydrogens is 334 g/mol. The standard InChI is InChI=1S/C20H25N5.C2H6/c1-20(2,3)14-7-8-19-22-12-17(25(19)13-14)16-5-4-6-18(24-16)23-15-9-10-21-11-15;1-2/h4-8,12-13,15,21H,9-11H2,1-3H3,(H,23,24);1-2H3. The van der Waals surface area contributed by atoms with Crippen LogP contribution in [0.1, 0.15) is 46.6 Å². The summed E-state index contributed by atoms with van der Waals surface area (Å²) >= 11 is 0. The fourth-order valence-electron chi connectivity index (χ4n) is 3.26. The van der Waals surface area contributed by atoms with Crippen molar-refractivity contribution in [3.8, 4) is 11.4 Å². The summed E-state index contributed by atoms with van der Waals surface area (Å²) in [6.45, 7) is 12.7. The van der Waals surface area contributed by atoms with Crippen LogP contribution in [0.15, 0.2) is 42.7 Å². The molecule has 5 nitrogen and oxygen atoms in total. The summed E-state index contributed by atoms with van der Waals surface area (Å²) in [5, 5.41) is 6.90. The first kappa shape index (κ1) is 19.4. The maximum atomic E-state index is 4.82. The largest absolute Gasteiger partial charge is 0.366 e. The zero-order valence-electron chi connectivity index (χ0n) is 17.1. The molecule has 0 bridgehead atoms. The highest BCUT2D eigenvalue weighted by molar-refractivity contribution is 5.62. The topological polar surface area (TPSA) is 54.2 Å². The summed E-state index contributed by atoms with van der Waals surface area (Å²) in [5.41, 5.74) is 4.29. The van der Waals surface area contributed by atoms with Gasteiger partial charge in [0.15, 0.2) is 0 Å². The normalized spacial score (nSPS) is 16.9. The van der Waals surface area contributed by atoms with Crippen LogP contribution in [-0.2, 0) is 5.41 Å². The van der Waals surface area contributed by atoms with Crippen LogP contribution in [0.4, 0.5) is 5.82 Å². The Hall–Kier alpha value is -2.40. The fourth-order valence-corrected chi connectivity index (χ4v) is 3.26. The Balaban J connectivity index is 0.00000102. The van der Waals surface area contributed by atoms with E-state index < -0.39 is 0 Å². The lowest BCUT2D eigenvalue weighted by atomic mass is 9.88. The van der Waals surface area contributed by atoms with Crippen LogP contribution in [0.5, 0.6) is 0 Å². The molecule has 0 saturated carbocycles. The molecule has 0 aromatic carbocycles. The van der Waals surface area contributed by atoms with E-state index in [1.807, 2.05) is 32.2 Å². The quantitative estimate of drug-likeness (QED) is 0.718. The second-order valence-electron chi connectivity index (χ2n) is 7.78. The molecule has 3 aromatic heterocycles. The molecule has 27 heavy (non-hydrogen) atoms. The van der Waals surface area contributed by atoms with E-state index in [9.17, 15) is 0 Å². The van der Waals surface area contributed by atoms with Crippen LogP contribution in [-0.4, -0.2) is 33.5 Å². The van der Waals surface area contributed by atoms with Crippen molar-refractivity contribution in [2.75, 3.05) is 18.4 Å². The third kappa shape index (κ3) is 4.30. The Morgan fingerprint density at radius 2 is 1.96 bits per heavy atom. The van der Waals surface area contributed by atoms with Gasteiger partial charge in [0.05, 0.1) is 17.6 Å². The zero-order valence-corrected chi connectivity index (χ0v) is 17.1. The minimum absolute atomic E-state index is 0.0992. The highest BCUT2D eigenvalue weighted by Crippen LogP contribution is 2.26. The molecule has 4 rings (SSSR count). The van der Waals surface area contributed by atoms with Gasteiger partial charge in [0.2, 0.25) is 0 Å². The van der Waals surface area contributed by atoms with E-state index in [1.165, 1.54) is 5.56 Å². The van der Waals surface area contributed by atoms with Gasteiger partial charge >= 0.3 is 0 Å². The number of hydrogen-bond acceptors (Lipinski definition) is 4. The maximum Gasteiger partial charge on any atom is 0.137 e. The van der Waals surface area contributed by atoms with Crippen molar-refractivity contribution < 1.29 is 0 Å². The third-order valence-corrected chi connectivity index (χ3v) is 4.80. The SMILES string of the molecule is CC.CC(C)(C)c1ccc2ncc(-c3cccc(NC4CCNC4)n3)n2c1. The van der Waals surface area contributed by atoms with Crippen molar-refractivity contribution in [2.45, 2.75) is 52.5 Å². The number of aromatic nitrogens is 3. The van der Waals surface area contributed by atoms with Gasteiger partial charge in [0.25, 0.3) is 0 Å². The molecule has 0 radical (unpaired) electrons. The zero-order chi connectivity index (χ0) is 19.4. The van der Waals surface area contributed by atoms with Crippen molar-refractivity contribution in [3.63, 3.8) is 0 Å². The van der Waals surface area contributed by atoms with Gasteiger partial charge in [-0.3, -0.25) is 4.40 Å². The van der Waals surface area contributed by atoms with Gasteiger partial charge in [-0.05, 0) is 42.1 Å². The van der Waals surface area contributed by atoms with Gasteiger partial charge in [0, 0.05) is 18.8 Å². The van der Waals surface area contributed by atoms with Gasteiger partial charge in [-0.2, -0.15) is 0 Å². The number of nitrogens with one attached hydrogen (secondary N) is 2. The number of rotatable bonds is 3. The number of imidazole rings is 1. The lowest BCUT2D eigenvalue weighted by molar-refractivity contribution is 0.586. The van der Waals surface area contributed by atoms with E-state index in [-0.39, 0.29) is 5.41 Å². The number of hydrogen-bond donors (Lipinski definition) is 2. The number of anilines is 1. The van der Waals surface area contributed by atoms with Gasteiger partial charge in [-0.1, -0.05) is 46.8 Å². The molecule has 1 fully saturated rings. The Labute approximate surface area is 162 Å². The van der Waals surface area contributed by atoms with Crippen LogP contribution >= 0.6 is 0 Å². The molecule has 1 saturated heterocycles. The molecule has 0 aliphatic carbocycles. The molecular formula is C22H31N5. The van der Waals surface area contributed by atoms with Gasteiger partial charge in [0.1, 0.15) is 11.5 Å². The fraction of sp³-hybridized carbons (Fsp3) is 0.455. The minimum Gasteiger partial charge on any atom is -0.366 e. The first-order chi connectivity index (χ1) is 13.0. The molecule has 1 aliphatic rings. The van der Waals surface area contributed by atoms with E-state index in [0.29, 0.717) is 6.04 Å². The molecule has 5 heteroatoms. The number of fused-ring (bicyclic) bond motifs is 1. The van der Waals surface area contributed by atoms with E-state index in [0.717, 1.165) is 42.4 Å². The molecule has 1 aliphatic heterocycles. The lowest BCUT2D eigenvalue weighted by Crippen LogP contribution is -2.22. The van der Waals surface area contributed by atoms with Crippen molar-refractivity contribution in [1.29, 1.82) is 0 Å². The summed E-state index contributed by atoms with van der Waals surface area (Å²) in [4.78, 5) is 9.36. The predicted octanol–water partition coefficient (Wildman–Crippen LogP) is 4.49. The first-order valence-electron chi connectivity index (χ1n) is 9.93. The second-order valence-corrected chi connectivity index (χ2v) is 7.78. The second kappa shape index (κ2) is 8.09. The molecule has 3 aromatic rings. The summed E-state index contributed by atoms with van der Waals surface area (Å²) in [5.74, 6) is 0.924. The van der Waals surface area contributed by atoms with Crippen LogP contribution < -0.4 is 10.6 Å². The van der Waals surface area contributed by atoms with Crippen molar-refractivity contribution >= 4 is 11.5 Å². The summed E-state index contributed by atoms with van der Waals surface area (Å²) in [6, 6.07) is 10.8. The van der Waals surface area contributed by atoms with E-state index >= 15 is 0 Å². The summed E-state index contributed by atoms with van der Waals surface area (Å²) < 4.78 is 2.14. The highest BCUT2D eigenvalue weighted by Gasteiger charge is 2.17. The summed E-state index contributed by atoms with van der Waals surface area (Å²) in [6.07, 6.45) is 5.22. The van der Waals surface area contributed by atoms with E-state index in [2.05, 4.69) is 65.2 Å². The molecule has 0 amide bonds. The average molecular weight is 366 g/mol. The Morgan fingerprint density at radius 3 is 2.67 bits per heavy atom. The highest BCUT2D eigenvalue weighted by atomic mass is 15.1. The molecule has 4 heterocycles. The van der Waals surface area contributed by atoms with Gasteiger partial charge < -0.3 is 10.6 Å². The first-order valence-corrected chi connectivity index (χ1v) is 9.93. The van der Waals surface area contributed by atoms with Crippen molar-refractivity contribution in [2.24, 2.45) is 0 Å². The molecule has 2 N–H and O–H groups in total. The number of pyridine rings is 2. The minimum atomic E-state index is 0.0992. The molecule has 1 unspecified atom stereocenters. The van der Waals surface area contributed by atoms with Gasteiger partial charge in [-0.25, -0.2) is 9.97 Å². The Kier molecular flexibility index (Phi) is 5.80. The van der Waals surface area contributed by atoms with Crippen LogP contribution in [0.25, 0.3) is 17.0 Å². The molecule has 144 valence electrons. The predicted molar refractivity (Wildman–Crippen MR) is 113 cm³/mol. The van der Waals surface area contributed by atoms with E-state index in [4.69, 9.17) is 4.98 Å². The van der Waals surface area contributed by atoms with Gasteiger partial charge in [-0.15, -0.1) is 0 Å². The smallest absolute Gasteiger partial charge is 0.137 e. The summed E-state index contributed by atoms with van der Waals surface area (Å²) in [7, 11) is 0. The average Bonchev–Trinajstić information content (AvgIpc) is 3.32. The van der Waals surface area contributed by atoms with E-state index in [1.54, 1.807) is 0 Å². The van der Waals surface area contributed by atoms with Crippen LogP contribution in [0.2, 0.25) is 0 Å². The van der Waals surface area contributed by atoms with Crippen LogP contribution in [0.3, 0.4) is 0 Å².